The molecule has 0 radical (unpaired) electrons. The summed E-state index contributed by atoms with van der Waals surface area (Å²) < 4.78 is 36.6. The molecule has 5 heteroatoms. The number of aliphatic hydroxyl groups is 1. The highest BCUT2D eigenvalue weighted by Gasteiger charge is 2.30. The zero-order valence-corrected chi connectivity index (χ0v) is 8.12. The molecule has 3 N–H and O–H groups in total. The molecule has 2 atom stereocenters. The first-order valence-electron chi connectivity index (χ1n) is 4.43. The zero-order valence-electron chi connectivity index (χ0n) is 8.12. The maximum Gasteiger partial charge on any atom is 0.416 e. The SMILES string of the molecule is CC(O)[C@@H](N)c1ccc(C(F)(F)F)cc1. The number of rotatable bonds is 2. The first-order chi connectivity index (χ1) is 6.82. The van der Waals surface area contributed by atoms with Crippen LogP contribution in [0.4, 0.5) is 13.2 Å². The Morgan fingerprint density at radius 3 is 2.00 bits per heavy atom. The van der Waals surface area contributed by atoms with Gasteiger partial charge < -0.3 is 10.8 Å². The molecule has 0 aromatic heterocycles. The molecule has 0 saturated carbocycles. The van der Waals surface area contributed by atoms with Crippen molar-refractivity contribution in [3.63, 3.8) is 0 Å². The zero-order chi connectivity index (χ0) is 11.6. The van der Waals surface area contributed by atoms with Gasteiger partial charge in [0.2, 0.25) is 0 Å². The Hall–Kier alpha value is -1.07. The smallest absolute Gasteiger partial charge is 0.391 e. The Morgan fingerprint density at radius 1 is 1.20 bits per heavy atom. The predicted octanol–water partition coefficient (Wildman–Crippen LogP) is 2.09. The van der Waals surface area contributed by atoms with Crippen molar-refractivity contribution in [2.45, 2.75) is 25.2 Å². The van der Waals surface area contributed by atoms with Crippen molar-refractivity contribution in [1.29, 1.82) is 0 Å². The van der Waals surface area contributed by atoms with Crippen molar-refractivity contribution in [3.8, 4) is 0 Å². The number of benzene rings is 1. The summed E-state index contributed by atoms with van der Waals surface area (Å²) in [5.74, 6) is 0. The highest BCUT2D eigenvalue weighted by Crippen LogP contribution is 2.29. The fraction of sp³-hybridized carbons (Fsp3) is 0.400. The van der Waals surface area contributed by atoms with Crippen molar-refractivity contribution in [2.75, 3.05) is 0 Å². The van der Waals surface area contributed by atoms with E-state index in [-0.39, 0.29) is 0 Å². The van der Waals surface area contributed by atoms with Gasteiger partial charge in [0.1, 0.15) is 0 Å². The average molecular weight is 219 g/mol. The van der Waals surface area contributed by atoms with Gasteiger partial charge in [0.15, 0.2) is 0 Å². The summed E-state index contributed by atoms with van der Waals surface area (Å²) in [4.78, 5) is 0. The molecule has 0 heterocycles. The lowest BCUT2D eigenvalue weighted by molar-refractivity contribution is -0.137. The van der Waals surface area contributed by atoms with Crippen LogP contribution in [0.3, 0.4) is 0 Å². The maximum atomic E-state index is 12.2. The van der Waals surface area contributed by atoms with E-state index in [0.29, 0.717) is 5.56 Å². The van der Waals surface area contributed by atoms with Gasteiger partial charge in [-0.2, -0.15) is 13.2 Å². The summed E-state index contributed by atoms with van der Waals surface area (Å²) in [5.41, 5.74) is 5.33. The number of aliphatic hydroxyl groups excluding tert-OH is 1. The van der Waals surface area contributed by atoms with Gasteiger partial charge in [0.05, 0.1) is 17.7 Å². The monoisotopic (exact) mass is 219 g/mol. The molecule has 0 bridgehead atoms. The van der Waals surface area contributed by atoms with E-state index in [4.69, 9.17) is 10.8 Å². The van der Waals surface area contributed by atoms with Gasteiger partial charge in [0.25, 0.3) is 0 Å². The molecule has 1 aromatic carbocycles. The lowest BCUT2D eigenvalue weighted by atomic mass is 10.0. The lowest BCUT2D eigenvalue weighted by Gasteiger charge is -2.15. The van der Waals surface area contributed by atoms with Crippen molar-refractivity contribution in [2.24, 2.45) is 5.73 Å². The summed E-state index contributed by atoms with van der Waals surface area (Å²) in [5, 5.41) is 9.16. The molecule has 2 nitrogen and oxygen atoms in total. The number of hydrogen-bond donors (Lipinski definition) is 2. The number of halogens is 3. The second kappa shape index (κ2) is 4.20. The molecule has 0 aliphatic rings. The Labute approximate surface area is 85.5 Å². The standard InChI is InChI=1S/C10H12F3NO/c1-6(15)9(14)7-2-4-8(5-3-7)10(11,12)13/h2-6,9,15H,14H2,1H3/t6?,9-/m1/s1. The molecule has 0 saturated heterocycles. The van der Waals surface area contributed by atoms with Crippen LogP contribution in [0.1, 0.15) is 24.1 Å². The van der Waals surface area contributed by atoms with E-state index in [2.05, 4.69) is 0 Å². The average Bonchev–Trinajstić information content (AvgIpc) is 2.15. The fourth-order valence-electron chi connectivity index (χ4n) is 1.17. The fourth-order valence-corrected chi connectivity index (χ4v) is 1.17. The quantitative estimate of drug-likeness (QED) is 0.800. The van der Waals surface area contributed by atoms with Crippen LogP contribution in [0.25, 0.3) is 0 Å². The minimum absolute atomic E-state index is 0.484. The van der Waals surface area contributed by atoms with Gasteiger partial charge in [0, 0.05) is 0 Å². The number of nitrogens with two attached hydrogens (primary N) is 1. The van der Waals surface area contributed by atoms with Gasteiger partial charge >= 0.3 is 6.18 Å². The Balaban J connectivity index is 2.91. The second-order valence-corrected chi connectivity index (χ2v) is 3.39. The summed E-state index contributed by atoms with van der Waals surface area (Å²) in [7, 11) is 0. The largest absolute Gasteiger partial charge is 0.416 e. The molecule has 0 aliphatic heterocycles. The van der Waals surface area contributed by atoms with Gasteiger partial charge in [-0.15, -0.1) is 0 Å². The van der Waals surface area contributed by atoms with Crippen LogP contribution < -0.4 is 5.73 Å². The third kappa shape index (κ3) is 2.94. The van der Waals surface area contributed by atoms with Crippen LogP contribution in [0.2, 0.25) is 0 Å². The topological polar surface area (TPSA) is 46.2 Å². The van der Waals surface area contributed by atoms with Gasteiger partial charge in [-0.25, -0.2) is 0 Å². The molecule has 0 fully saturated rings. The molecule has 0 aliphatic carbocycles. The first-order valence-corrected chi connectivity index (χ1v) is 4.43. The van der Waals surface area contributed by atoms with Crippen molar-refractivity contribution in [1.82, 2.24) is 0 Å². The van der Waals surface area contributed by atoms with Crippen LogP contribution in [-0.2, 0) is 6.18 Å². The summed E-state index contributed by atoms with van der Waals surface area (Å²) >= 11 is 0. The highest BCUT2D eigenvalue weighted by atomic mass is 19.4. The van der Waals surface area contributed by atoms with E-state index in [9.17, 15) is 13.2 Å². The maximum absolute atomic E-state index is 12.2. The third-order valence-corrected chi connectivity index (χ3v) is 2.14. The molecule has 1 unspecified atom stereocenters. The Bertz CT molecular complexity index is 318. The van der Waals surface area contributed by atoms with Gasteiger partial charge in [-0.05, 0) is 24.6 Å². The van der Waals surface area contributed by atoms with E-state index in [1.54, 1.807) is 0 Å². The van der Waals surface area contributed by atoms with Crippen molar-refractivity contribution >= 4 is 0 Å². The lowest BCUT2D eigenvalue weighted by Crippen LogP contribution is -2.23. The number of alkyl halides is 3. The highest BCUT2D eigenvalue weighted by molar-refractivity contribution is 5.27. The van der Waals surface area contributed by atoms with Crippen LogP contribution in [-0.4, -0.2) is 11.2 Å². The normalized spacial score (nSPS) is 16.1. The van der Waals surface area contributed by atoms with Gasteiger partial charge in [-0.3, -0.25) is 0 Å². The molecule has 15 heavy (non-hydrogen) atoms. The van der Waals surface area contributed by atoms with E-state index in [0.717, 1.165) is 12.1 Å². The molecule has 0 amide bonds. The minimum atomic E-state index is -4.34. The summed E-state index contributed by atoms with van der Waals surface area (Å²) in [6, 6.07) is 3.81. The molecule has 1 aromatic rings. The molecule has 0 spiro atoms. The number of hydrogen-bond acceptors (Lipinski definition) is 2. The molecular weight excluding hydrogens is 207 g/mol. The predicted molar refractivity (Wildman–Crippen MR) is 50.1 cm³/mol. The molecular formula is C10H12F3NO. The Morgan fingerprint density at radius 2 is 1.67 bits per heavy atom. The van der Waals surface area contributed by atoms with Crippen LogP contribution in [0.15, 0.2) is 24.3 Å². The molecule has 84 valence electrons. The van der Waals surface area contributed by atoms with Crippen LogP contribution in [0, 0.1) is 0 Å². The van der Waals surface area contributed by atoms with E-state index in [1.807, 2.05) is 0 Å². The van der Waals surface area contributed by atoms with Crippen molar-refractivity contribution < 1.29 is 18.3 Å². The molecule has 1 rings (SSSR count). The van der Waals surface area contributed by atoms with Crippen LogP contribution in [0.5, 0.6) is 0 Å². The minimum Gasteiger partial charge on any atom is -0.391 e. The van der Waals surface area contributed by atoms with Gasteiger partial charge in [-0.1, -0.05) is 12.1 Å². The second-order valence-electron chi connectivity index (χ2n) is 3.39. The van der Waals surface area contributed by atoms with E-state index >= 15 is 0 Å². The van der Waals surface area contributed by atoms with E-state index < -0.39 is 23.9 Å². The summed E-state index contributed by atoms with van der Waals surface area (Å²) in [6.07, 6.45) is -5.13. The van der Waals surface area contributed by atoms with Crippen molar-refractivity contribution in [3.05, 3.63) is 35.4 Å². The Kier molecular flexibility index (Phi) is 3.36. The third-order valence-electron chi connectivity index (χ3n) is 2.14. The van der Waals surface area contributed by atoms with E-state index in [1.165, 1.54) is 19.1 Å². The summed E-state index contributed by atoms with van der Waals surface area (Å²) in [6.45, 7) is 1.49. The van der Waals surface area contributed by atoms with Crippen LogP contribution >= 0.6 is 0 Å². The first kappa shape index (κ1) is 12.0.